The molecule has 2 aromatic rings. The van der Waals surface area contributed by atoms with Gasteiger partial charge in [0.15, 0.2) is 5.16 Å². The number of amides is 3. The molecule has 104 valence electrons. The van der Waals surface area contributed by atoms with E-state index < -0.39 is 11.9 Å². The SMILES string of the molecule is Cn1c(-c2ccccc2)cnc1SCC(=O)NC(N)=O. The molecular formula is C13H14N4O2S. The number of benzene rings is 1. The van der Waals surface area contributed by atoms with Crippen LogP contribution in [0.4, 0.5) is 4.79 Å². The number of nitrogens with one attached hydrogen (secondary N) is 1. The van der Waals surface area contributed by atoms with Gasteiger partial charge in [0.25, 0.3) is 0 Å². The second-order valence-corrected chi connectivity index (χ2v) is 4.99. The molecule has 0 atom stereocenters. The first-order valence-corrected chi connectivity index (χ1v) is 6.85. The zero-order valence-corrected chi connectivity index (χ0v) is 11.7. The zero-order valence-electron chi connectivity index (χ0n) is 10.9. The van der Waals surface area contributed by atoms with Crippen LogP contribution in [0.15, 0.2) is 41.7 Å². The van der Waals surface area contributed by atoms with Crippen molar-refractivity contribution < 1.29 is 9.59 Å². The fourth-order valence-corrected chi connectivity index (χ4v) is 2.46. The number of nitrogens with zero attached hydrogens (tertiary/aromatic N) is 2. The molecule has 0 radical (unpaired) electrons. The highest BCUT2D eigenvalue weighted by molar-refractivity contribution is 7.99. The Labute approximate surface area is 120 Å². The van der Waals surface area contributed by atoms with Crippen LogP contribution >= 0.6 is 11.8 Å². The number of urea groups is 1. The second-order valence-electron chi connectivity index (χ2n) is 4.05. The van der Waals surface area contributed by atoms with E-state index in [1.165, 1.54) is 11.8 Å². The van der Waals surface area contributed by atoms with Gasteiger partial charge < -0.3 is 10.3 Å². The Morgan fingerprint density at radius 3 is 2.70 bits per heavy atom. The number of carbonyl (C=O) groups is 2. The third kappa shape index (κ3) is 3.39. The summed E-state index contributed by atoms with van der Waals surface area (Å²) in [5.41, 5.74) is 6.88. The van der Waals surface area contributed by atoms with E-state index in [1.54, 1.807) is 6.20 Å². The van der Waals surface area contributed by atoms with Crippen molar-refractivity contribution in [2.45, 2.75) is 5.16 Å². The Morgan fingerprint density at radius 2 is 2.05 bits per heavy atom. The molecule has 2 rings (SSSR count). The molecule has 0 bridgehead atoms. The van der Waals surface area contributed by atoms with Crippen LogP contribution in [-0.4, -0.2) is 27.2 Å². The van der Waals surface area contributed by atoms with Crippen molar-refractivity contribution in [2.75, 3.05) is 5.75 Å². The Morgan fingerprint density at radius 1 is 1.35 bits per heavy atom. The molecule has 0 aliphatic heterocycles. The number of imide groups is 1. The standard InChI is InChI=1S/C13H14N4O2S/c1-17-10(9-5-3-2-4-6-9)7-15-13(17)20-8-11(18)16-12(14)19/h2-7H,8H2,1H3,(H3,14,16,18,19). The van der Waals surface area contributed by atoms with Gasteiger partial charge in [-0.15, -0.1) is 0 Å². The lowest BCUT2D eigenvalue weighted by atomic mass is 10.2. The molecule has 0 unspecified atom stereocenters. The number of rotatable bonds is 4. The zero-order chi connectivity index (χ0) is 14.5. The summed E-state index contributed by atoms with van der Waals surface area (Å²) < 4.78 is 1.90. The molecule has 0 spiro atoms. The number of primary amides is 1. The second kappa shape index (κ2) is 6.25. The van der Waals surface area contributed by atoms with Gasteiger partial charge in [0, 0.05) is 7.05 Å². The van der Waals surface area contributed by atoms with Crippen molar-refractivity contribution in [3.63, 3.8) is 0 Å². The lowest BCUT2D eigenvalue weighted by Gasteiger charge is -2.05. The smallest absolute Gasteiger partial charge is 0.318 e. The van der Waals surface area contributed by atoms with E-state index in [2.05, 4.69) is 4.98 Å². The average Bonchev–Trinajstić information content (AvgIpc) is 2.78. The molecule has 0 aliphatic rings. The number of nitrogens with two attached hydrogens (primary N) is 1. The average molecular weight is 290 g/mol. The van der Waals surface area contributed by atoms with Gasteiger partial charge in [0.2, 0.25) is 5.91 Å². The lowest BCUT2D eigenvalue weighted by molar-refractivity contribution is -0.117. The summed E-state index contributed by atoms with van der Waals surface area (Å²) in [6.07, 6.45) is 1.75. The highest BCUT2D eigenvalue weighted by Crippen LogP contribution is 2.24. The van der Waals surface area contributed by atoms with Crippen molar-refractivity contribution >= 4 is 23.7 Å². The van der Waals surface area contributed by atoms with Crippen molar-refractivity contribution in [3.8, 4) is 11.3 Å². The van der Waals surface area contributed by atoms with Crippen LogP contribution in [0.1, 0.15) is 0 Å². The molecule has 3 N–H and O–H groups in total. The van der Waals surface area contributed by atoms with Gasteiger partial charge in [-0.2, -0.15) is 0 Å². The topological polar surface area (TPSA) is 90.0 Å². The summed E-state index contributed by atoms with van der Waals surface area (Å²) >= 11 is 1.24. The van der Waals surface area contributed by atoms with Crippen LogP contribution < -0.4 is 11.1 Å². The monoisotopic (exact) mass is 290 g/mol. The van der Waals surface area contributed by atoms with E-state index in [-0.39, 0.29) is 5.75 Å². The number of aromatic nitrogens is 2. The Balaban J connectivity index is 2.06. The third-order valence-electron chi connectivity index (χ3n) is 2.61. The van der Waals surface area contributed by atoms with Crippen LogP contribution in [0.25, 0.3) is 11.3 Å². The van der Waals surface area contributed by atoms with Crippen LogP contribution in [-0.2, 0) is 11.8 Å². The van der Waals surface area contributed by atoms with Crippen molar-refractivity contribution in [1.29, 1.82) is 0 Å². The minimum absolute atomic E-state index is 0.0853. The summed E-state index contributed by atoms with van der Waals surface area (Å²) in [7, 11) is 1.88. The van der Waals surface area contributed by atoms with Gasteiger partial charge in [-0.25, -0.2) is 9.78 Å². The first-order chi connectivity index (χ1) is 9.58. The number of hydrogen-bond acceptors (Lipinski definition) is 4. The van der Waals surface area contributed by atoms with E-state index in [4.69, 9.17) is 5.73 Å². The molecule has 0 fully saturated rings. The van der Waals surface area contributed by atoms with Gasteiger partial charge in [-0.05, 0) is 5.56 Å². The molecule has 1 aromatic carbocycles. The molecule has 1 heterocycles. The van der Waals surface area contributed by atoms with E-state index in [0.717, 1.165) is 11.3 Å². The Kier molecular flexibility index (Phi) is 4.41. The van der Waals surface area contributed by atoms with Gasteiger partial charge in [-0.1, -0.05) is 42.1 Å². The molecule has 0 saturated carbocycles. The van der Waals surface area contributed by atoms with E-state index >= 15 is 0 Å². The van der Waals surface area contributed by atoms with Crippen LogP contribution in [0.3, 0.4) is 0 Å². The minimum Gasteiger partial charge on any atom is -0.351 e. The third-order valence-corrected chi connectivity index (χ3v) is 3.65. The van der Waals surface area contributed by atoms with Crippen LogP contribution in [0, 0.1) is 0 Å². The molecule has 0 aliphatic carbocycles. The van der Waals surface area contributed by atoms with Gasteiger partial charge >= 0.3 is 6.03 Å². The molecule has 6 nitrogen and oxygen atoms in total. The predicted molar refractivity (Wildman–Crippen MR) is 77.1 cm³/mol. The van der Waals surface area contributed by atoms with Gasteiger partial charge in [0.05, 0.1) is 17.6 Å². The Bertz CT molecular complexity index is 625. The number of thioether (sulfide) groups is 1. The maximum absolute atomic E-state index is 11.3. The number of carbonyl (C=O) groups excluding carboxylic acids is 2. The number of imidazole rings is 1. The molecule has 7 heteroatoms. The van der Waals surface area contributed by atoms with E-state index in [9.17, 15) is 9.59 Å². The fourth-order valence-electron chi connectivity index (χ4n) is 1.71. The van der Waals surface area contributed by atoms with Gasteiger partial charge in [-0.3, -0.25) is 10.1 Å². The van der Waals surface area contributed by atoms with E-state index in [0.29, 0.717) is 5.16 Å². The van der Waals surface area contributed by atoms with Crippen LogP contribution in [0.2, 0.25) is 0 Å². The normalized spacial score (nSPS) is 10.2. The Hall–Kier alpha value is -2.28. The first kappa shape index (κ1) is 14.1. The summed E-state index contributed by atoms with van der Waals surface area (Å²) in [5.74, 6) is -0.353. The molecule has 20 heavy (non-hydrogen) atoms. The molecule has 3 amide bonds. The maximum atomic E-state index is 11.3. The van der Waals surface area contributed by atoms with Crippen LogP contribution in [0.5, 0.6) is 0 Å². The van der Waals surface area contributed by atoms with E-state index in [1.807, 2.05) is 47.3 Å². The summed E-state index contributed by atoms with van der Waals surface area (Å²) in [6.45, 7) is 0. The lowest BCUT2D eigenvalue weighted by Crippen LogP contribution is -2.36. The summed E-state index contributed by atoms with van der Waals surface area (Å²) in [4.78, 5) is 26.2. The maximum Gasteiger partial charge on any atom is 0.318 e. The molecule has 1 aromatic heterocycles. The summed E-state index contributed by atoms with van der Waals surface area (Å²) in [5, 5.41) is 2.71. The van der Waals surface area contributed by atoms with Crippen molar-refractivity contribution in [1.82, 2.24) is 14.9 Å². The molecular weight excluding hydrogens is 276 g/mol. The highest BCUT2D eigenvalue weighted by Gasteiger charge is 2.11. The minimum atomic E-state index is -0.847. The van der Waals surface area contributed by atoms with Gasteiger partial charge in [0.1, 0.15) is 0 Å². The fraction of sp³-hybridized carbons (Fsp3) is 0.154. The highest BCUT2D eigenvalue weighted by atomic mass is 32.2. The van der Waals surface area contributed by atoms with Crippen molar-refractivity contribution in [3.05, 3.63) is 36.5 Å². The first-order valence-electron chi connectivity index (χ1n) is 5.87. The number of hydrogen-bond donors (Lipinski definition) is 2. The largest absolute Gasteiger partial charge is 0.351 e. The summed E-state index contributed by atoms with van der Waals surface area (Å²) in [6, 6.07) is 8.99. The predicted octanol–water partition coefficient (Wildman–Crippen LogP) is 1.37. The molecule has 0 saturated heterocycles. The van der Waals surface area contributed by atoms with Crippen molar-refractivity contribution in [2.24, 2.45) is 12.8 Å². The quantitative estimate of drug-likeness (QED) is 0.832.